The Balaban J connectivity index is 1.95. The molecule has 194 valence electrons. The van der Waals surface area contributed by atoms with Gasteiger partial charge in [0.1, 0.15) is 5.82 Å². The van der Waals surface area contributed by atoms with E-state index in [1.165, 1.54) is 24.3 Å². The van der Waals surface area contributed by atoms with Crippen molar-refractivity contribution in [2.24, 2.45) is 0 Å². The normalized spacial score (nSPS) is 12.7. The zero-order chi connectivity index (χ0) is 27.3. The van der Waals surface area contributed by atoms with Gasteiger partial charge in [0.25, 0.3) is 10.0 Å². The molecule has 0 unspecified atom stereocenters. The lowest BCUT2D eigenvalue weighted by Crippen LogP contribution is -2.18. The first kappa shape index (κ1) is 26.4. The van der Waals surface area contributed by atoms with Crippen LogP contribution in [0.25, 0.3) is 10.9 Å². The molecule has 1 N–H and O–H groups in total. The van der Waals surface area contributed by atoms with Crippen LogP contribution in [0.1, 0.15) is 53.5 Å². The van der Waals surface area contributed by atoms with Crippen LogP contribution in [0, 0.1) is 5.82 Å². The predicted molar refractivity (Wildman–Crippen MR) is 131 cm³/mol. The van der Waals surface area contributed by atoms with Crippen molar-refractivity contribution in [1.29, 1.82) is 0 Å². The fourth-order valence-electron chi connectivity index (χ4n) is 4.11. The standard InChI is InChI=1S/C27H23F4NO4S/c1-26(2,3)18-5-4-6-21(15-18)37(35,36)32-20(11-16-7-9-23(28)22(12-16)25(33)34)14-17-13-19(27(29,30)31)8-10-24(17)32/h4-10,12-15H,11H2,1-3H3,(H,33,34). The third-order valence-electron chi connectivity index (χ3n) is 6.04. The van der Waals surface area contributed by atoms with Gasteiger partial charge in [0.15, 0.2) is 0 Å². The average molecular weight is 534 g/mol. The first-order valence-electron chi connectivity index (χ1n) is 11.2. The molecular weight excluding hydrogens is 510 g/mol. The van der Waals surface area contributed by atoms with Gasteiger partial charge in [-0.2, -0.15) is 13.2 Å². The van der Waals surface area contributed by atoms with Gasteiger partial charge in [-0.15, -0.1) is 0 Å². The van der Waals surface area contributed by atoms with E-state index in [2.05, 4.69) is 0 Å². The van der Waals surface area contributed by atoms with Gasteiger partial charge in [-0.1, -0.05) is 39.0 Å². The lowest BCUT2D eigenvalue weighted by atomic mass is 9.87. The number of fused-ring (bicyclic) bond motifs is 1. The minimum Gasteiger partial charge on any atom is -0.478 e. The van der Waals surface area contributed by atoms with E-state index in [1.54, 1.807) is 12.1 Å². The first-order valence-corrected chi connectivity index (χ1v) is 12.6. The maximum atomic E-state index is 13.9. The number of carboxylic acid groups (broad SMARTS) is 1. The Labute approximate surface area is 211 Å². The second kappa shape index (κ2) is 9.02. The maximum absolute atomic E-state index is 13.9. The second-order valence-electron chi connectivity index (χ2n) is 9.75. The van der Waals surface area contributed by atoms with Crippen LogP contribution in [0.2, 0.25) is 0 Å². The monoisotopic (exact) mass is 533 g/mol. The molecule has 0 aliphatic heterocycles. The molecular formula is C27H23F4NO4S. The lowest BCUT2D eigenvalue weighted by molar-refractivity contribution is -0.137. The van der Waals surface area contributed by atoms with Crippen molar-refractivity contribution in [2.45, 2.75) is 43.7 Å². The van der Waals surface area contributed by atoms with Gasteiger partial charge in [-0.3, -0.25) is 0 Å². The first-order chi connectivity index (χ1) is 17.1. The lowest BCUT2D eigenvalue weighted by Gasteiger charge is -2.20. The van der Waals surface area contributed by atoms with Gasteiger partial charge in [0.2, 0.25) is 0 Å². The molecule has 0 aliphatic rings. The summed E-state index contributed by atoms with van der Waals surface area (Å²) in [6.45, 7) is 5.76. The molecule has 0 spiro atoms. The SMILES string of the molecule is CC(C)(C)c1cccc(S(=O)(=O)n2c(Cc3ccc(F)c(C(=O)O)c3)cc3cc(C(F)(F)F)ccc32)c1. The molecule has 0 saturated carbocycles. The molecule has 10 heteroatoms. The largest absolute Gasteiger partial charge is 0.478 e. The minimum absolute atomic E-state index is 0.0322. The highest BCUT2D eigenvalue weighted by Gasteiger charge is 2.32. The van der Waals surface area contributed by atoms with Gasteiger partial charge < -0.3 is 5.11 Å². The number of alkyl halides is 3. The van der Waals surface area contributed by atoms with E-state index in [1.807, 2.05) is 20.8 Å². The zero-order valence-corrected chi connectivity index (χ0v) is 20.9. The molecule has 5 nitrogen and oxygen atoms in total. The topological polar surface area (TPSA) is 76.4 Å². The molecule has 0 aliphatic carbocycles. The van der Waals surface area contributed by atoms with Crippen LogP contribution in [0.4, 0.5) is 17.6 Å². The maximum Gasteiger partial charge on any atom is 0.416 e. The summed E-state index contributed by atoms with van der Waals surface area (Å²) in [6, 6.07) is 13.7. The summed E-state index contributed by atoms with van der Waals surface area (Å²) in [5.74, 6) is -2.46. The third-order valence-corrected chi connectivity index (χ3v) is 7.80. The highest BCUT2D eigenvalue weighted by atomic mass is 32.2. The number of nitrogens with zero attached hydrogens (tertiary/aromatic N) is 1. The third kappa shape index (κ3) is 5.11. The van der Waals surface area contributed by atoms with E-state index < -0.39 is 39.1 Å². The number of hydrogen-bond acceptors (Lipinski definition) is 3. The molecule has 0 saturated heterocycles. The Bertz CT molecular complexity index is 1630. The molecule has 0 fully saturated rings. The van der Waals surface area contributed by atoms with Crippen LogP contribution in [-0.2, 0) is 28.0 Å². The molecule has 0 amide bonds. The van der Waals surface area contributed by atoms with Crippen molar-refractivity contribution in [3.63, 3.8) is 0 Å². The summed E-state index contributed by atoms with van der Waals surface area (Å²) in [5, 5.41) is 9.30. The number of halogens is 4. The number of rotatable bonds is 5. The summed E-state index contributed by atoms with van der Waals surface area (Å²) in [4.78, 5) is 11.3. The number of aromatic nitrogens is 1. The minimum atomic E-state index is -4.64. The average Bonchev–Trinajstić information content (AvgIpc) is 3.17. The van der Waals surface area contributed by atoms with Gasteiger partial charge in [-0.25, -0.2) is 21.6 Å². The van der Waals surface area contributed by atoms with Crippen molar-refractivity contribution in [3.05, 3.63) is 100 Å². The number of aromatic carboxylic acids is 1. The van der Waals surface area contributed by atoms with Crippen LogP contribution in [0.15, 0.2) is 71.6 Å². The van der Waals surface area contributed by atoms with Gasteiger partial charge in [-0.05, 0) is 65.1 Å². The number of hydrogen-bond donors (Lipinski definition) is 1. The van der Waals surface area contributed by atoms with Crippen LogP contribution >= 0.6 is 0 Å². The second-order valence-corrected chi connectivity index (χ2v) is 11.5. The quantitative estimate of drug-likeness (QED) is 0.293. The summed E-state index contributed by atoms with van der Waals surface area (Å²) in [6.07, 6.45) is -4.81. The Kier molecular flexibility index (Phi) is 6.44. The van der Waals surface area contributed by atoms with Crippen molar-refractivity contribution in [3.8, 4) is 0 Å². The number of carboxylic acids is 1. The zero-order valence-electron chi connectivity index (χ0n) is 20.1. The molecule has 1 aromatic heterocycles. The summed E-state index contributed by atoms with van der Waals surface area (Å²) < 4.78 is 82.8. The molecule has 0 radical (unpaired) electrons. The van der Waals surface area contributed by atoms with Crippen LogP contribution in [0.3, 0.4) is 0 Å². The highest BCUT2D eigenvalue weighted by molar-refractivity contribution is 7.90. The molecule has 0 atom stereocenters. The van der Waals surface area contributed by atoms with Gasteiger partial charge in [0.05, 0.1) is 21.5 Å². The van der Waals surface area contributed by atoms with Crippen molar-refractivity contribution in [2.75, 3.05) is 0 Å². The summed E-state index contributed by atoms with van der Waals surface area (Å²) >= 11 is 0. The highest BCUT2D eigenvalue weighted by Crippen LogP contribution is 2.35. The molecule has 1 heterocycles. The van der Waals surface area contributed by atoms with Gasteiger partial charge >= 0.3 is 12.1 Å². The Morgan fingerprint density at radius 3 is 2.24 bits per heavy atom. The fourth-order valence-corrected chi connectivity index (χ4v) is 5.70. The van der Waals surface area contributed by atoms with E-state index >= 15 is 0 Å². The Hall–Kier alpha value is -3.66. The number of benzene rings is 3. The smallest absolute Gasteiger partial charge is 0.416 e. The fraction of sp³-hybridized carbons (Fsp3) is 0.222. The predicted octanol–water partition coefficient (Wildman–Crippen LogP) is 6.62. The number of carbonyl (C=O) groups is 1. The van der Waals surface area contributed by atoms with Gasteiger partial charge in [0, 0.05) is 17.5 Å². The Morgan fingerprint density at radius 2 is 1.62 bits per heavy atom. The van der Waals surface area contributed by atoms with Crippen molar-refractivity contribution < 1.29 is 35.9 Å². The molecule has 0 bridgehead atoms. The van der Waals surface area contributed by atoms with Crippen LogP contribution in [-0.4, -0.2) is 23.5 Å². The van der Waals surface area contributed by atoms with E-state index in [-0.39, 0.29) is 38.9 Å². The summed E-state index contributed by atoms with van der Waals surface area (Å²) in [5.41, 5.74) is -0.752. The molecule has 4 rings (SSSR count). The van der Waals surface area contributed by atoms with E-state index in [9.17, 15) is 35.9 Å². The van der Waals surface area contributed by atoms with Crippen LogP contribution in [0.5, 0.6) is 0 Å². The Morgan fingerprint density at radius 1 is 0.919 bits per heavy atom. The van der Waals surface area contributed by atoms with E-state index in [0.29, 0.717) is 0 Å². The van der Waals surface area contributed by atoms with E-state index in [4.69, 9.17) is 0 Å². The van der Waals surface area contributed by atoms with Crippen molar-refractivity contribution in [1.82, 2.24) is 3.97 Å². The van der Waals surface area contributed by atoms with Crippen LogP contribution < -0.4 is 0 Å². The summed E-state index contributed by atoms with van der Waals surface area (Å²) in [7, 11) is -4.29. The molecule has 4 aromatic rings. The molecule has 3 aromatic carbocycles. The van der Waals surface area contributed by atoms with Crippen molar-refractivity contribution >= 4 is 26.9 Å². The molecule has 37 heavy (non-hydrogen) atoms. The van der Waals surface area contributed by atoms with E-state index in [0.717, 1.165) is 39.9 Å².